The van der Waals surface area contributed by atoms with Gasteiger partial charge in [-0.1, -0.05) is 24.3 Å². The zero-order valence-electron chi connectivity index (χ0n) is 17.6. The molecule has 1 saturated heterocycles. The van der Waals surface area contributed by atoms with E-state index in [1.807, 2.05) is 55.1 Å². The van der Waals surface area contributed by atoms with Gasteiger partial charge >= 0.3 is 6.03 Å². The van der Waals surface area contributed by atoms with Crippen molar-refractivity contribution in [2.45, 2.75) is 26.4 Å². The van der Waals surface area contributed by atoms with Gasteiger partial charge in [-0.2, -0.15) is 0 Å². The van der Waals surface area contributed by atoms with E-state index in [2.05, 4.69) is 22.3 Å². The second kappa shape index (κ2) is 10.2. The van der Waals surface area contributed by atoms with Crippen molar-refractivity contribution < 1.29 is 14.3 Å². The highest BCUT2D eigenvalue weighted by molar-refractivity contribution is 5.91. The van der Waals surface area contributed by atoms with E-state index in [9.17, 15) is 4.79 Å². The van der Waals surface area contributed by atoms with Crippen LogP contribution in [0.1, 0.15) is 19.4 Å². The first-order chi connectivity index (χ1) is 14.0. The molecule has 0 aliphatic carbocycles. The van der Waals surface area contributed by atoms with Gasteiger partial charge in [0.15, 0.2) is 0 Å². The molecule has 156 valence electrons. The number of ether oxygens (including phenoxy) is 2. The van der Waals surface area contributed by atoms with Crippen LogP contribution < -0.4 is 14.8 Å². The van der Waals surface area contributed by atoms with E-state index in [-0.39, 0.29) is 12.1 Å². The molecule has 0 unspecified atom stereocenters. The summed E-state index contributed by atoms with van der Waals surface area (Å²) in [7, 11) is 1.69. The Hall–Kier alpha value is -2.73. The Kier molecular flexibility index (Phi) is 7.36. The monoisotopic (exact) mass is 397 g/mol. The lowest BCUT2D eigenvalue weighted by molar-refractivity contribution is 0.148. The standard InChI is InChI=1S/C23H31N3O3/c1-18(2)29-22-10-5-4-9-21(22)24-23(27)26-15-13-25(14-16-26)12-11-19-7-6-8-20(17-19)28-3/h4-10,17-18H,11-16H2,1-3H3,(H,24,27). The molecule has 0 aromatic heterocycles. The summed E-state index contributed by atoms with van der Waals surface area (Å²) in [5.41, 5.74) is 1.98. The van der Waals surface area contributed by atoms with Crippen molar-refractivity contribution >= 4 is 11.7 Å². The van der Waals surface area contributed by atoms with Crippen LogP contribution in [0.25, 0.3) is 0 Å². The van der Waals surface area contributed by atoms with Crippen molar-refractivity contribution in [1.29, 1.82) is 0 Å². The maximum atomic E-state index is 12.7. The minimum atomic E-state index is -0.0720. The van der Waals surface area contributed by atoms with Crippen molar-refractivity contribution in [3.05, 3.63) is 54.1 Å². The molecule has 0 saturated carbocycles. The fourth-order valence-corrected chi connectivity index (χ4v) is 3.41. The van der Waals surface area contributed by atoms with Crippen LogP contribution in [-0.4, -0.2) is 61.8 Å². The van der Waals surface area contributed by atoms with Crippen LogP contribution in [0.3, 0.4) is 0 Å². The fourth-order valence-electron chi connectivity index (χ4n) is 3.41. The number of methoxy groups -OCH3 is 1. The molecule has 1 heterocycles. The van der Waals surface area contributed by atoms with Crippen LogP contribution in [0.2, 0.25) is 0 Å². The average Bonchev–Trinajstić information content (AvgIpc) is 2.74. The SMILES string of the molecule is COc1cccc(CCN2CCN(C(=O)Nc3ccccc3OC(C)C)CC2)c1. The number of hydrogen-bond acceptors (Lipinski definition) is 4. The molecule has 0 bridgehead atoms. The van der Waals surface area contributed by atoms with Gasteiger partial charge in [-0.15, -0.1) is 0 Å². The maximum absolute atomic E-state index is 12.7. The molecule has 0 radical (unpaired) electrons. The zero-order chi connectivity index (χ0) is 20.6. The summed E-state index contributed by atoms with van der Waals surface area (Å²) >= 11 is 0. The Bertz CT molecular complexity index is 801. The predicted octanol–water partition coefficient (Wildman–Crippen LogP) is 3.87. The number of benzene rings is 2. The molecule has 1 aliphatic rings. The zero-order valence-corrected chi connectivity index (χ0v) is 17.6. The van der Waals surface area contributed by atoms with Crippen LogP contribution >= 0.6 is 0 Å². The van der Waals surface area contributed by atoms with Crippen LogP contribution in [0.4, 0.5) is 10.5 Å². The minimum Gasteiger partial charge on any atom is -0.497 e. The third kappa shape index (κ3) is 6.12. The van der Waals surface area contributed by atoms with E-state index < -0.39 is 0 Å². The van der Waals surface area contributed by atoms with Crippen LogP contribution in [0.15, 0.2) is 48.5 Å². The molecule has 29 heavy (non-hydrogen) atoms. The third-order valence-electron chi connectivity index (χ3n) is 5.00. The number of urea groups is 1. The molecule has 2 amide bonds. The van der Waals surface area contributed by atoms with E-state index in [4.69, 9.17) is 9.47 Å². The molecule has 1 aliphatic heterocycles. The summed E-state index contributed by atoms with van der Waals surface area (Å²) in [5, 5.41) is 3.00. The van der Waals surface area contributed by atoms with E-state index in [0.717, 1.165) is 44.9 Å². The van der Waals surface area contributed by atoms with Crippen molar-refractivity contribution in [2.75, 3.05) is 45.2 Å². The summed E-state index contributed by atoms with van der Waals surface area (Å²) in [4.78, 5) is 17.0. The first-order valence-electron chi connectivity index (χ1n) is 10.2. The van der Waals surface area contributed by atoms with E-state index in [1.165, 1.54) is 5.56 Å². The van der Waals surface area contributed by atoms with Gasteiger partial charge in [0.25, 0.3) is 0 Å². The minimum absolute atomic E-state index is 0.0566. The first-order valence-corrected chi connectivity index (χ1v) is 10.2. The van der Waals surface area contributed by atoms with Gasteiger partial charge in [0.2, 0.25) is 0 Å². The topological polar surface area (TPSA) is 54.0 Å². The first kappa shape index (κ1) is 21.0. The number of anilines is 1. The summed E-state index contributed by atoms with van der Waals surface area (Å²) in [5.74, 6) is 1.60. The molecule has 2 aromatic carbocycles. The lowest BCUT2D eigenvalue weighted by Crippen LogP contribution is -2.50. The number of piperazine rings is 1. The number of para-hydroxylation sites is 2. The second-order valence-corrected chi connectivity index (χ2v) is 7.52. The van der Waals surface area contributed by atoms with E-state index in [0.29, 0.717) is 11.4 Å². The molecule has 3 rings (SSSR count). The van der Waals surface area contributed by atoms with Gasteiger partial charge in [0.1, 0.15) is 11.5 Å². The van der Waals surface area contributed by atoms with Gasteiger partial charge < -0.3 is 19.7 Å². The number of amides is 2. The smallest absolute Gasteiger partial charge is 0.322 e. The molecular formula is C23H31N3O3. The van der Waals surface area contributed by atoms with Crippen molar-refractivity contribution in [1.82, 2.24) is 9.80 Å². The normalized spacial score (nSPS) is 14.7. The van der Waals surface area contributed by atoms with Crippen molar-refractivity contribution in [3.8, 4) is 11.5 Å². The summed E-state index contributed by atoms with van der Waals surface area (Å²) in [6.45, 7) is 8.12. The Labute approximate surface area is 173 Å². The number of carbonyl (C=O) groups is 1. The lowest BCUT2D eigenvalue weighted by atomic mass is 10.1. The lowest BCUT2D eigenvalue weighted by Gasteiger charge is -2.34. The van der Waals surface area contributed by atoms with Crippen LogP contribution in [0, 0.1) is 0 Å². The Morgan fingerprint density at radius 1 is 1.07 bits per heavy atom. The molecule has 1 fully saturated rings. The van der Waals surface area contributed by atoms with Gasteiger partial charge in [-0.05, 0) is 50.1 Å². The fraction of sp³-hybridized carbons (Fsp3) is 0.435. The average molecular weight is 398 g/mol. The van der Waals surface area contributed by atoms with Gasteiger partial charge in [-0.3, -0.25) is 4.90 Å². The van der Waals surface area contributed by atoms with Gasteiger partial charge in [0, 0.05) is 32.7 Å². The van der Waals surface area contributed by atoms with Gasteiger partial charge in [-0.25, -0.2) is 4.79 Å². The molecular weight excluding hydrogens is 366 g/mol. The Balaban J connectivity index is 1.47. The molecule has 0 spiro atoms. The number of nitrogens with zero attached hydrogens (tertiary/aromatic N) is 2. The summed E-state index contributed by atoms with van der Waals surface area (Å²) in [6, 6.07) is 15.7. The second-order valence-electron chi connectivity index (χ2n) is 7.52. The van der Waals surface area contributed by atoms with Crippen molar-refractivity contribution in [3.63, 3.8) is 0 Å². The van der Waals surface area contributed by atoms with Gasteiger partial charge in [0.05, 0.1) is 18.9 Å². The molecule has 6 nitrogen and oxygen atoms in total. The Morgan fingerprint density at radius 3 is 2.55 bits per heavy atom. The largest absolute Gasteiger partial charge is 0.497 e. The number of nitrogens with one attached hydrogen (secondary N) is 1. The number of rotatable bonds is 7. The highest BCUT2D eigenvalue weighted by Crippen LogP contribution is 2.25. The summed E-state index contributed by atoms with van der Waals surface area (Å²) in [6.07, 6.45) is 1.03. The van der Waals surface area contributed by atoms with Crippen LogP contribution in [-0.2, 0) is 6.42 Å². The number of hydrogen-bond donors (Lipinski definition) is 1. The molecule has 1 N–H and O–H groups in total. The highest BCUT2D eigenvalue weighted by atomic mass is 16.5. The predicted molar refractivity (Wildman–Crippen MR) is 116 cm³/mol. The van der Waals surface area contributed by atoms with E-state index >= 15 is 0 Å². The Morgan fingerprint density at radius 2 is 1.83 bits per heavy atom. The van der Waals surface area contributed by atoms with Crippen molar-refractivity contribution in [2.24, 2.45) is 0 Å². The molecule has 2 aromatic rings. The highest BCUT2D eigenvalue weighted by Gasteiger charge is 2.21. The number of carbonyl (C=O) groups excluding carboxylic acids is 1. The molecule has 6 heteroatoms. The molecule has 0 atom stereocenters. The maximum Gasteiger partial charge on any atom is 0.322 e. The van der Waals surface area contributed by atoms with Crippen LogP contribution in [0.5, 0.6) is 11.5 Å². The third-order valence-corrected chi connectivity index (χ3v) is 5.00. The van der Waals surface area contributed by atoms with E-state index in [1.54, 1.807) is 7.11 Å². The summed E-state index contributed by atoms with van der Waals surface area (Å²) < 4.78 is 11.1. The quantitative estimate of drug-likeness (QED) is 0.771.